The molecular formula is C14H30Cl2N2S2. The summed E-state index contributed by atoms with van der Waals surface area (Å²) in [5.74, 6) is 2.62. The number of nitrogens with zero attached hydrogens (tertiary/aromatic N) is 2. The highest BCUT2D eigenvalue weighted by atomic mass is 35.5. The van der Waals surface area contributed by atoms with E-state index in [1.807, 2.05) is 0 Å². The van der Waals surface area contributed by atoms with Gasteiger partial charge in [-0.3, -0.25) is 0 Å². The normalized spacial score (nSPS) is 21.0. The fourth-order valence-electron chi connectivity index (χ4n) is 2.82. The number of halogens is 2. The third-order valence-electron chi connectivity index (χ3n) is 3.96. The fraction of sp³-hybridized carbons (Fsp3) is 1.00. The van der Waals surface area contributed by atoms with Crippen molar-refractivity contribution in [2.45, 2.75) is 38.5 Å². The number of likely N-dealkylation sites (tertiary alicyclic amines) is 2. The quantitative estimate of drug-likeness (QED) is 0.495. The lowest BCUT2D eigenvalue weighted by atomic mass is 10.1. The van der Waals surface area contributed by atoms with Gasteiger partial charge in [0, 0.05) is 24.6 Å². The van der Waals surface area contributed by atoms with Crippen molar-refractivity contribution in [3.05, 3.63) is 0 Å². The lowest BCUT2D eigenvalue weighted by Gasteiger charge is -2.26. The first-order valence-corrected chi connectivity index (χ1v) is 10.1. The van der Waals surface area contributed by atoms with E-state index in [2.05, 4.69) is 31.4 Å². The molecule has 0 aromatic carbocycles. The van der Waals surface area contributed by atoms with Gasteiger partial charge >= 0.3 is 0 Å². The van der Waals surface area contributed by atoms with Gasteiger partial charge < -0.3 is 9.80 Å². The Morgan fingerprint density at radius 1 is 0.550 bits per heavy atom. The summed E-state index contributed by atoms with van der Waals surface area (Å²) in [6.45, 7) is 8.00. The van der Waals surface area contributed by atoms with Crippen molar-refractivity contribution in [2.75, 3.05) is 50.8 Å². The van der Waals surface area contributed by atoms with Gasteiger partial charge in [0.15, 0.2) is 0 Å². The number of hydrogen-bond donors (Lipinski definition) is 0. The third-order valence-corrected chi connectivity index (χ3v) is 6.33. The second-order valence-corrected chi connectivity index (χ2v) is 8.15. The molecule has 2 heterocycles. The maximum atomic E-state index is 2.64. The average Bonchev–Trinajstić information content (AvgIpc) is 2.45. The van der Waals surface area contributed by atoms with Crippen LogP contribution in [-0.4, -0.2) is 60.6 Å². The molecule has 0 saturated carbocycles. The van der Waals surface area contributed by atoms with E-state index in [-0.39, 0.29) is 24.8 Å². The second-order valence-electron chi connectivity index (χ2n) is 5.45. The van der Waals surface area contributed by atoms with Crippen LogP contribution in [-0.2, 0) is 0 Å². The SMILES string of the molecule is C1CCN(CCSSCCN2CCCCC2)CC1.Cl.Cl. The first-order valence-electron chi connectivity index (χ1n) is 7.64. The predicted octanol–water partition coefficient (Wildman–Crippen LogP) is 4.18. The van der Waals surface area contributed by atoms with Crippen LogP contribution in [0.2, 0.25) is 0 Å². The first kappa shape index (κ1) is 21.2. The Morgan fingerprint density at radius 2 is 0.900 bits per heavy atom. The van der Waals surface area contributed by atoms with Gasteiger partial charge in [0.25, 0.3) is 0 Å². The summed E-state index contributed by atoms with van der Waals surface area (Å²) in [6.07, 6.45) is 8.60. The first-order chi connectivity index (χ1) is 8.95. The Labute approximate surface area is 145 Å². The van der Waals surface area contributed by atoms with Crippen LogP contribution in [0.15, 0.2) is 0 Å². The molecule has 122 valence electrons. The zero-order chi connectivity index (χ0) is 12.5. The highest BCUT2D eigenvalue weighted by Gasteiger charge is 2.10. The van der Waals surface area contributed by atoms with Crippen LogP contribution < -0.4 is 0 Å². The Hall–Kier alpha value is 1.20. The van der Waals surface area contributed by atoms with Crippen LogP contribution in [0.3, 0.4) is 0 Å². The summed E-state index contributed by atoms with van der Waals surface area (Å²) in [6, 6.07) is 0. The molecule has 0 radical (unpaired) electrons. The second kappa shape index (κ2) is 13.8. The van der Waals surface area contributed by atoms with Crippen molar-refractivity contribution < 1.29 is 0 Å². The molecule has 2 rings (SSSR count). The van der Waals surface area contributed by atoms with Gasteiger partial charge in [-0.05, 0) is 51.9 Å². The average molecular weight is 361 g/mol. The lowest BCUT2D eigenvalue weighted by molar-refractivity contribution is 0.242. The molecule has 0 unspecified atom stereocenters. The van der Waals surface area contributed by atoms with Gasteiger partial charge in [-0.25, -0.2) is 0 Å². The predicted molar refractivity (Wildman–Crippen MR) is 100.0 cm³/mol. The van der Waals surface area contributed by atoms with Crippen molar-refractivity contribution in [2.24, 2.45) is 0 Å². The summed E-state index contributed by atoms with van der Waals surface area (Å²) in [7, 11) is 4.17. The van der Waals surface area contributed by atoms with Crippen LogP contribution in [0.25, 0.3) is 0 Å². The molecule has 0 bridgehead atoms. The molecular weight excluding hydrogens is 331 g/mol. The molecule has 0 amide bonds. The minimum Gasteiger partial charge on any atom is -0.302 e. The molecule has 6 heteroatoms. The molecule has 20 heavy (non-hydrogen) atoms. The Morgan fingerprint density at radius 3 is 1.25 bits per heavy atom. The van der Waals surface area contributed by atoms with Crippen LogP contribution >= 0.6 is 46.4 Å². The zero-order valence-electron chi connectivity index (χ0n) is 12.4. The molecule has 0 aromatic rings. The van der Waals surface area contributed by atoms with E-state index in [1.54, 1.807) is 0 Å². The number of piperidine rings is 2. The van der Waals surface area contributed by atoms with Crippen molar-refractivity contribution >= 4 is 46.4 Å². The summed E-state index contributed by atoms with van der Waals surface area (Å²) >= 11 is 0. The Kier molecular flexibility index (Phi) is 14.7. The van der Waals surface area contributed by atoms with Gasteiger partial charge in [-0.15, -0.1) is 24.8 Å². The zero-order valence-corrected chi connectivity index (χ0v) is 15.7. The van der Waals surface area contributed by atoms with Crippen molar-refractivity contribution in [3.8, 4) is 0 Å². The van der Waals surface area contributed by atoms with Gasteiger partial charge in [-0.1, -0.05) is 34.4 Å². The highest BCUT2D eigenvalue weighted by Crippen LogP contribution is 2.22. The topological polar surface area (TPSA) is 6.48 Å². The Balaban J connectivity index is 0.00000180. The summed E-state index contributed by atoms with van der Waals surface area (Å²) in [4.78, 5) is 5.28. The van der Waals surface area contributed by atoms with Crippen LogP contribution in [0, 0.1) is 0 Å². The van der Waals surface area contributed by atoms with E-state index in [4.69, 9.17) is 0 Å². The molecule has 2 aliphatic rings. The van der Waals surface area contributed by atoms with Gasteiger partial charge in [-0.2, -0.15) is 0 Å². The minimum absolute atomic E-state index is 0. The van der Waals surface area contributed by atoms with E-state index in [0.29, 0.717) is 0 Å². The summed E-state index contributed by atoms with van der Waals surface area (Å²) in [5, 5.41) is 0. The largest absolute Gasteiger partial charge is 0.302 e. The van der Waals surface area contributed by atoms with E-state index in [0.717, 1.165) is 0 Å². The molecule has 2 aliphatic heterocycles. The molecule has 2 saturated heterocycles. The molecule has 2 nitrogen and oxygen atoms in total. The standard InChI is InChI=1S/C14H28N2S2.2ClH/c1-3-7-15(8-4-1)11-13-17-18-14-12-16-9-5-2-6-10-16;;/h1-14H2;2*1H. The van der Waals surface area contributed by atoms with E-state index in [1.165, 1.54) is 89.3 Å². The molecule has 0 spiro atoms. The Bertz CT molecular complexity index is 189. The molecule has 0 aromatic heterocycles. The summed E-state index contributed by atoms with van der Waals surface area (Å²) < 4.78 is 0. The third kappa shape index (κ3) is 9.26. The fourth-order valence-corrected chi connectivity index (χ4v) is 4.87. The van der Waals surface area contributed by atoms with Gasteiger partial charge in [0.1, 0.15) is 0 Å². The van der Waals surface area contributed by atoms with Crippen molar-refractivity contribution in [3.63, 3.8) is 0 Å². The number of hydrogen-bond acceptors (Lipinski definition) is 4. The number of rotatable bonds is 7. The minimum atomic E-state index is 0. The van der Waals surface area contributed by atoms with Gasteiger partial charge in [0.05, 0.1) is 0 Å². The maximum Gasteiger partial charge on any atom is 0.0165 e. The maximum absolute atomic E-state index is 2.64. The van der Waals surface area contributed by atoms with Crippen LogP contribution in [0.5, 0.6) is 0 Å². The van der Waals surface area contributed by atoms with E-state index >= 15 is 0 Å². The molecule has 0 N–H and O–H groups in total. The lowest BCUT2D eigenvalue weighted by Crippen LogP contribution is -2.32. The van der Waals surface area contributed by atoms with E-state index < -0.39 is 0 Å². The van der Waals surface area contributed by atoms with Crippen LogP contribution in [0.1, 0.15) is 38.5 Å². The molecule has 2 fully saturated rings. The molecule has 0 atom stereocenters. The van der Waals surface area contributed by atoms with Crippen LogP contribution in [0.4, 0.5) is 0 Å². The highest BCUT2D eigenvalue weighted by molar-refractivity contribution is 8.76. The van der Waals surface area contributed by atoms with E-state index in [9.17, 15) is 0 Å². The van der Waals surface area contributed by atoms with Crippen molar-refractivity contribution in [1.29, 1.82) is 0 Å². The monoisotopic (exact) mass is 360 g/mol. The molecule has 0 aliphatic carbocycles. The van der Waals surface area contributed by atoms with Gasteiger partial charge in [0.2, 0.25) is 0 Å². The summed E-state index contributed by atoms with van der Waals surface area (Å²) in [5.41, 5.74) is 0. The van der Waals surface area contributed by atoms with Crippen molar-refractivity contribution in [1.82, 2.24) is 9.80 Å². The smallest absolute Gasteiger partial charge is 0.0165 e.